The van der Waals surface area contributed by atoms with Crippen LogP contribution in [-0.4, -0.2) is 24.2 Å². The molecule has 84 valence electrons. The maximum Gasteiger partial charge on any atom is 0.113 e. The van der Waals surface area contributed by atoms with E-state index in [1.165, 1.54) is 5.01 Å². The third kappa shape index (κ3) is 2.38. The van der Waals surface area contributed by atoms with Crippen LogP contribution in [-0.2, 0) is 10.3 Å². The molecule has 1 aliphatic heterocycles. The molecule has 2 heterocycles. The minimum atomic E-state index is 0.0561. The minimum absolute atomic E-state index is 0.0561. The van der Waals surface area contributed by atoms with Gasteiger partial charge in [0, 0.05) is 30.8 Å². The van der Waals surface area contributed by atoms with Crippen LogP contribution in [0, 0.1) is 0 Å². The van der Waals surface area contributed by atoms with E-state index in [9.17, 15) is 0 Å². The normalized spacial score (nSPS) is 20.7. The van der Waals surface area contributed by atoms with Crippen LogP contribution >= 0.6 is 11.3 Å². The fraction of sp³-hybridized carbons (Fsp3) is 0.727. The lowest BCUT2D eigenvalue weighted by molar-refractivity contribution is 0.0331. The monoisotopic (exact) mass is 226 g/mol. The molecule has 1 aliphatic rings. The van der Waals surface area contributed by atoms with Gasteiger partial charge in [0.05, 0.1) is 5.54 Å². The summed E-state index contributed by atoms with van der Waals surface area (Å²) < 4.78 is 5.44. The molecule has 0 radical (unpaired) electrons. The highest BCUT2D eigenvalue weighted by Gasteiger charge is 2.36. The van der Waals surface area contributed by atoms with E-state index in [1.54, 1.807) is 11.3 Å². The second-order valence-corrected chi connectivity index (χ2v) is 5.23. The van der Waals surface area contributed by atoms with Crippen LogP contribution in [0.2, 0.25) is 0 Å². The zero-order valence-corrected chi connectivity index (χ0v) is 10.1. The first-order valence-corrected chi connectivity index (χ1v) is 6.36. The molecule has 0 aliphatic carbocycles. The summed E-state index contributed by atoms with van der Waals surface area (Å²) in [6.45, 7) is 6.04. The number of hydrogen-bond donors (Lipinski definition) is 1. The molecule has 0 amide bonds. The van der Waals surface area contributed by atoms with Crippen LogP contribution in [0.5, 0.6) is 0 Å². The standard InChI is InChI=1S/C11H18N2OS/c1-9(2)13-11(3-6-14-7-4-11)10-12-5-8-15-10/h5,8-9,13H,3-4,6-7H2,1-2H3. The molecule has 0 aromatic carbocycles. The first-order valence-electron chi connectivity index (χ1n) is 5.48. The summed E-state index contributed by atoms with van der Waals surface area (Å²) in [5, 5.41) is 6.92. The number of thiazole rings is 1. The minimum Gasteiger partial charge on any atom is -0.381 e. The number of hydrogen-bond acceptors (Lipinski definition) is 4. The smallest absolute Gasteiger partial charge is 0.113 e. The van der Waals surface area contributed by atoms with Gasteiger partial charge < -0.3 is 10.1 Å². The van der Waals surface area contributed by atoms with Gasteiger partial charge in [-0.1, -0.05) is 0 Å². The second kappa shape index (κ2) is 4.60. The van der Waals surface area contributed by atoms with Crippen molar-refractivity contribution in [2.75, 3.05) is 13.2 Å². The molecule has 2 rings (SSSR count). The third-order valence-corrected chi connectivity index (χ3v) is 3.73. The summed E-state index contributed by atoms with van der Waals surface area (Å²) in [5.41, 5.74) is 0.0561. The average molecular weight is 226 g/mol. The van der Waals surface area contributed by atoms with E-state index in [-0.39, 0.29) is 5.54 Å². The van der Waals surface area contributed by atoms with Crippen molar-refractivity contribution in [3.8, 4) is 0 Å². The lowest BCUT2D eigenvalue weighted by atomic mass is 9.90. The topological polar surface area (TPSA) is 34.2 Å². The van der Waals surface area contributed by atoms with E-state index in [4.69, 9.17) is 4.74 Å². The van der Waals surface area contributed by atoms with Gasteiger partial charge in [-0.3, -0.25) is 0 Å². The summed E-state index contributed by atoms with van der Waals surface area (Å²) in [4.78, 5) is 4.47. The zero-order chi connectivity index (χ0) is 10.7. The number of aromatic nitrogens is 1. The van der Waals surface area contributed by atoms with Gasteiger partial charge in [0.2, 0.25) is 0 Å². The van der Waals surface area contributed by atoms with Crippen molar-refractivity contribution in [1.29, 1.82) is 0 Å². The van der Waals surface area contributed by atoms with Gasteiger partial charge in [-0.25, -0.2) is 4.98 Å². The number of nitrogens with zero attached hydrogens (tertiary/aromatic N) is 1. The first kappa shape index (κ1) is 11.0. The molecule has 1 fully saturated rings. The molecule has 1 aromatic rings. The summed E-state index contributed by atoms with van der Waals surface area (Å²) in [6, 6.07) is 0.479. The van der Waals surface area contributed by atoms with Crippen molar-refractivity contribution in [1.82, 2.24) is 10.3 Å². The fourth-order valence-electron chi connectivity index (χ4n) is 2.15. The summed E-state index contributed by atoms with van der Waals surface area (Å²) >= 11 is 1.74. The molecule has 0 bridgehead atoms. The summed E-state index contributed by atoms with van der Waals surface area (Å²) in [6.07, 6.45) is 3.94. The Morgan fingerprint density at radius 2 is 2.20 bits per heavy atom. The SMILES string of the molecule is CC(C)NC1(c2nccs2)CCOCC1. The number of ether oxygens (including phenoxy) is 1. The Balaban J connectivity index is 2.21. The number of nitrogens with one attached hydrogen (secondary N) is 1. The van der Waals surface area contributed by atoms with Crippen molar-refractivity contribution in [2.24, 2.45) is 0 Å². The van der Waals surface area contributed by atoms with Crippen LogP contribution in [0.4, 0.5) is 0 Å². The summed E-state index contributed by atoms with van der Waals surface area (Å²) in [7, 11) is 0. The van der Waals surface area contributed by atoms with Crippen molar-refractivity contribution in [3.05, 3.63) is 16.6 Å². The van der Waals surface area contributed by atoms with Crippen LogP contribution < -0.4 is 5.32 Å². The summed E-state index contributed by atoms with van der Waals surface area (Å²) in [5.74, 6) is 0. The Labute approximate surface area is 94.9 Å². The Morgan fingerprint density at radius 1 is 1.47 bits per heavy atom. The van der Waals surface area contributed by atoms with Gasteiger partial charge in [-0.15, -0.1) is 11.3 Å². The molecular formula is C11H18N2OS. The molecule has 0 unspecified atom stereocenters. The van der Waals surface area contributed by atoms with E-state index < -0.39 is 0 Å². The molecule has 4 heteroatoms. The van der Waals surface area contributed by atoms with Gasteiger partial charge in [0.15, 0.2) is 0 Å². The van der Waals surface area contributed by atoms with Gasteiger partial charge in [-0.2, -0.15) is 0 Å². The Hall–Kier alpha value is -0.450. The van der Waals surface area contributed by atoms with Crippen LogP contribution in [0.1, 0.15) is 31.7 Å². The molecule has 0 spiro atoms. The first-order chi connectivity index (χ1) is 7.23. The Morgan fingerprint density at radius 3 is 2.73 bits per heavy atom. The van der Waals surface area contributed by atoms with Gasteiger partial charge in [0.1, 0.15) is 5.01 Å². The third-order valence-electron chi connectivity index (χ3n) is 2.75. The van der Waals surface area contributed by atoms with Crippen molar-refractivity contribution in [2.45, 2.75) is 38.3 Å². The molecule has 0 saturated carbocycles. The van der Waals surface area contributed by atoms with Crippen LogP contribution in [0.25, 0.3) is 0 Å². The highest BCUT2D eigenvalue weighted by Crippen LogP contribution is 2.33. The molecule has 0 atom stereocenters. The van der Waals surface area contributed by atoms with Crippen molar-refractivity contribution < 1.29 is 4.74 Å². The van der Waals surface area contributed by atoms with E-state index in [0.29, 0.717) is 6.04 Å². The fourth-order valence-corrected chi connectivity index (χ4v) is 3.01. The van der Waals surface area contributed by atoms with E-state index in [1.807, 2.05) is 6.20 Å². The average Bonchev–Trinajstić information content (AvgIpc) is 2.71. The van der Waals surface area contributed by atoms with Crippen LogP contribution in [0.15, 0.2) is 11.6 Å². The molecule has 15 heavy (non-hydrogen) atoms. The molecular weight excluding hydrogens is 208 g/mol. The Bertz CT molecular complexity index is 292. The maximum absolute atomic E-state index is 5.44. The van der Waals surface area contributed by atoms with Gasteiger partial charge in [0.25, 0.3) is 0 Å². The molecule has 1 aromatic heterocycles. The lowest BCUT2D eigenvalue weighted by Crippen LogP contribution is -2.49. The highest BCUT2D eigenvalue weighted by atomic mass is 32.1. The van der Waals surface area contributed by atoms with Gasteiger partial charge >= 0.3 is 0 Å². The Kier molecular flexibility index (Phi) is 3.38. The van der Waals surface area contributed by atoms with Crippen LogP contribution in [0.3, 0.4) is 0 Å². The van der Waals surface area contributed by atoms with E-state index in [0.717, 1.165) is 26.1 Å². The molecule has 1 N–H and O–H groups in total. The zero-order valence-electron chi connectivity index (χ0n) is 9.32. The molecule has 3 nitrogen and oxygen atoms in total. The predicted molar refractivity (Wildman–Crippen MR) is 62.1 cm³/mol. The molecule has 1 saturated heterocycles. The largest absolute Gasteiger partial charge is 0.381 e. The number of rotatable bonds is 3. The van der Waals surface area contributed by atoms with Crippen molar-refractivity contribution in [3.63, 3.8) is 0 Å². The van der Waals surface area contributed by atoms with E-state index in [2.05, 4.69) is 29.5 Å². The quantitative estimate of drug-likeness (QED) is 0.857. The van der Waals surface area contributed by atoms with Crippen molar-refractivity contribution >= 4 is 11.3 Å². The maximum atomic E-state index is 5.44. The van der Waals surface area contributed by atoms with Gasteiger partial charge in [-0.05, 0) is 26.7 Å². The highest BCUT2D eigenvalue weighted by molar-refractivity contribution is 7.09. The predicted octanol–water partition coefficient (Wildman–Crippen LogP) is 2.15. The second-order valence-electron chi connectivity index (χ2n) is 4.33. The van der Waals surface area contributed by atoms with E-state index >= 15 is 0 Å². The lowest BCUT2D eigenvalue weighted by Gasteiger charge is -2.38.